The first-order valence-corrected chi connectivity index (χ1v) is 4.66. The predicted molar refractivity (Wildman–Crippen MR) is 40.5 cm³/mol. The molecule has 1 aromatic heterocycles. The van der Waals surface area contributed by atoms with Crippen molar-refractivity contribution < 1.29 is 13.5 Å². The lowest BCUT2D eigenvalue weighted by Gasteiger charge is -1.99. The van der Waals surface area contributed by atoms with E-state index in [0.717, 1.165) is 4.68 Å². The third kappa shape index (κ3) is 1.47. The summed E-state index contributed by atoms with van der Waals surface area (Å²) in [6, 6.07) is 0. The zero-order valence-corrected chi connectivity index (χ0v) is 7.24. The van der Waals surface area contributed by atoms with Crippen molar-refractivity contribution in [3.63, 3.8) is 0 Å². The molecule has 1 rings (SSSR count). The van der Waals surface area contributed by atoms with E-state index >= 15 is 0 Å². The second-order valence-electron chi connectivity index (χ2n) is 2.30. The van der Waals surface area contributed by atoms with Crippen LogP contribution in [0.1, 0.15) is 5.56 Å². The van der Waals surface area contributed by atoms with Gasteiger partial charge in [-0.25, -0.2) is 13.6 Å². The van der Waals surface area contributed by atoms with Crippen LogP contribution < -0.4 is 5.14 Å². The summed E-state index contributed by atoms with van der Waals surface area (Å²) in [4.78, 5) is 0. The summed E-state index contributed by atoms with van der Waals surface area (Å²) in [6.45, 7) is -0.389. The van der Waals surface area contributed by atoms with E-state index in [-0.39, 0.29) is 17.2 Å². The summed E-state index contributed by atoms with van der Waals surface area (Å²) in [5.41, 5.74) is 0.208. The van der Waals surface area contributed by atoms with Gasteiger partial charge in [-0.3, -0.25) is 4.68 Å². The maximum absolute atomic E-state index is 10.9. The largest absolute Gasteiger partial charge is 0.392 e. The normalized spacial score (nSPS) is 11.9. The highest BCUT2D eigenvalue weighted by Gasteiger charge is 2.18. The Morgan fingerprint density at radius 3 is 2.67 bits per heavy atom. The first kappa shape index (κ1) is 9.17. The van der Waals surface area contributed by atoms with Crippen molar-refractivity contribution in [2.45, 2.75) is 11.6 Å². The first-order chi connectivity index (χ1) is 5.46. The average Bonchev–Trinajstić information content (AvgIpc) is 2.29. The Labute approximate surface area is 69.7 Å². The number of nitrogens with zero attached hydrogens (tertiary/aromatic N) is 2. The molecule has 0 bridgehead atoms. The van der Waals surface area contributed by atoms with E-state index in [0.29, 0.717) is 0 Å². The molecular weight excluding hydrogens is 182 g/mol. The van der Waals surface area contributed by atoms with Crippen LogP contribution >= 0.6 is 0 Å². The molecule has 0 aromatic carbocycles. The average molecular weight is 191 g/mol. The maximum Gasteiger partial charge on any atom is 0.255 e. The highest BCUT2D eigenvalue weighted by Crippen LogP contribution is 2.11. The zero-order valence-electron chi connectivity index (χ0n) is 6.43. The molecule has 6 nitrogen and oxygen atoms in total. The van der Waals surface area contributed by atoms with Crippen LogP contribution in [0.5, 0.6) is 0 Å². The molecule has 0 aliphatic rings. The summed E-state index contributed by atoms with van der Waals surface area (Å²) < 4.78 is 22.9. The fourth-order valence-electron chi connectivity index (χ4n) is 0.947. The molecule has 3 N–H and O–H groups in total. The molecule has 0 saturated carbocycles. The molecule has 7 heteroatoms. The van der Waals surface area contributed by atoms with Gasteiger partial charge in [0.15, 0.2) is 5.03 Å². The topological polar surface area (TPSA) is 98.2 Å². The van der Waals surface area contributed by atoms with Gasteiger partial charge in [0.25, 0.3) is 10.0 Å². The summed E-state index contributed by atoms with van der Waals surface area (Å²) >= 11 is 0. The minimum Gasteiger partial charge on any atom is -0.392 e. The standard InChI is InChI=1S/C5H9N3O3S/c1-8-5(12(6,10)11)4(3-9)2-7-8/h2,9H,3H2,1H3,(H2,6,10,11). The van der Waals surface area contributed by atoms with Crippen molar-refractivity contribution >= 4 is 10.0 Å². The van der Waals surface area contributed by atoms with Crippen molar-refractivity contribution in [3.05, 3.63) is 11.8 Å². The van der Waals surface area contributed by atoms with Crippen LogP contribution in [0.2, 0.25) is 0 Å². The minimum absolute atomic E-state index is 0.148. The van der Waals surface area contributed by atoms with E-state index in [2.05, 4.69) is 5.10 Å². The quantitative estimate of drug-likeness (QED) is 0.598. The number of hydrogen-bond acceptors (Lipinski definition) is 4. The fraction of sp³-hybridized carbons (Fsp3) is 0.400. The second-order valence-corrected chi connectivity index (χ2v) is 3.78. The third-order valence-electron chi connectivity index (χ3n) is 1.40. The van der Waals surface area contributed by atoms with E-state index < -0.39 is 10.0 Å². The third-order valence-corrected chi connectivity index (χ3v) is 2.46. The van der Waals surface area contributed by atoms with Gasteiger partial charge in [0, 0.05) is 12.6 Å². The molecule has 0 unspecified atom stereocenters. The maximum atomic E-state index is 10.9. The van der Waals surface area contributed by atoms with Crippen LogP contribution in [0.15, 0.2) is 11.2 Å². The summed E-state index contributed by atoms with van der Waals surface area (Å²) in [6.07, 6.45) is 1.26. The van der Waals surface area contributed by atoms with Gasteiger partial charge in [0.2, 0.25) is 0 Å². The number of aliphatic hydroxyl groups excluding tert-OH is 1. The number of hydrogen-bond donors (Lipinski definition) is 2. The molecule has 68 valence electrons. The Morgan fingerprint density at radius 2 is 2.33 bits per heavy atom. The Kier molecular flexibility index (Phi) is 2.18. The zero-order chi connectivity index (χ0) is 9.35. The highest BCUT2D eigenvalue weighted by atomic mass is 32.2. The molecule has 0 radical (unpaired) electrons. The van der Waals surface area contributed by atoms with Crippen LogP contribution in [0.25, 0.3) is 0 Å². The van der Waals surface area contributed by atoms with Crippen molar-refractivity contribution in [1.29, 1.82) is 0 Å². The van der Waals surface area contributed by atoms with Crippen LogP contribution in [0, 0.1) is 0 Å². The molecule has 0 amide bonds. The lowest BCUT2D eigenvalue weighted by atomic mass is 10.4. The van der Waals surface area contributed by atoms with Gasteiger partial charge in [0.1, 0.15) is 0 Å². The highest BCUT2D eigenvalue weighted by molar-refractivity contribution is 7.89. The molecular formula is C5H9N3O3S. The van der Waals surface area contributed by atoms with E-state index in [1.165, 1.54) is 13.2 Å². The molecule has 12 heavy (non-hydrogen) atoms. The SMILES string of the molecule is Cn1ncc(CO)c1S(N)(=O)=O. The van der Waals surface area contributed by atoms with Gasteiger partial charge in [0.05, 0.1) is 12.8 Å². The summed E-state index contributed by atoms with van der Waals surface area (Å²) in [7, 11) is -2.35. The Morgan fingerprint density at radius 1 is 1.75 bits per heavy atom. The Bertz CT molecular complexity index is 381. The fourth-order valence-corrected chi connectivity index (χ4v) is 1.85. The van der Waals surface area contributed by atoms with Crippen LogP contribution in [-0.4, -0.2) is 23.3 Å². The smallest absolute Gasteiger partial charge is 0.255 e. The van der Waals surface area contributed by atoms with Gasteiger partial charge >= 0.3 is 0 Å². The Hall–Kier alpha value is -0.920. The first-order valence-electron chi connectivity index (χ1n) is 3.11. The van der Waals surface area contributed by atoms with E-state index in [4.69, 9.17) is 10.2 Å². The number of rotatable bonds is 2. The van der Waals surface area contributed by atoms with Crippen LogP contribution in [0.3, 0.4) is 0 Å². The number of nitrogens with two attached hydrogens (primary N) is 1. The predicted octanol–water partition coefficient (Wildman–Crippen LogP) is -1.44. The molecule has 1 heterocycles. The van der Waals surface area contributed by atoms with Crippen molar-refractivity contribution in [2.75, 3.05) is 0 Å². The second kappa shape index (κ2) is 2.85. The van der Waals surface area contributed by atoms with E-state index in [1.54, 1.807) is 0 Å². The van der Waals surface area contributed by atoms with Crippen molar-refractivity contribution in [3.8, 4) is 0 Å². The van der Waals surface area contributed by atoms with E-state index in [9.17, 15) is 8.42 Å². The molecule has 0 spiro atoms. The van der Waals surface area contributed by atoms with Crippen LogP contribution in [-0.2, 0) is 23.7 Å². The van der Waals surface area contributed by atoms with Gasteiger partial charge in [-0.05, 0) is 0 Å². The molecule has 0 saturated heterocycles. The lowest BCUT2D eigenvalue weighted by Crippen LogP contribution is -2.18. The lowest BCUT2D eigenvalue weighted by molar-refractivity contribution is 0.278. The van der Waals surface area contributed by atoms with Crippen molar-refractivity contribution in [2.24, 2.45) is 12.2 Å². The Balaban J connectivity index is 3.39. The number of aromatic nitrogens is 2. The number of sulfonamides is 1. The summed E-state index contributed by atoms with van der Waals surface area (Å²) in [5.74, 6) is 0. The van der Waals surface area contributed by atoms with Gasteiger partial charge in [-0.2, -0.15) is 5.10 Å². The molecule has 0 atom stereocenters. The summed E-state index contributed by atoms with van der Waals surface area (Å²) in [5, 5.41) is 17.1. The molecule has 0 aliphatic heterocycles. The number of primary sulfonamides is 1. The number of aryl methyl sites for hydroxylation is 1. The minimum atomic E-state index is -3.79. The van der Waals surface area contributed by atoms with Gasteiger partial charge in [-0.15, -0.1) is 0 Å². The molecule has 1 aromatic rings. The monoisotopic (exact) mass is 191 g/mol. The van der Waals surface area contributed by atoms with Crippen molar-refractivity contribution in [1.82, 2.24) is 9.78 Å². The van der Waals surface area contributed by atoms with Gasteiger partial charge in [-0.1, -0.05) is 0 Å². The van der Waals surface area contributed by atoms with Crippen LogP contribution in [0.4, 0.5) is 0 Å². The number of aliphatic hydroxyl groups is 1. The van der Waals surface area contributed by atoms with E-state index in [1.807, 2.05) is 0 Å². The molecule has 0 aliphatic carbocycles. The molecule has 0 fully saturated rings. The van der Waals surface area contributed by atoms with Gasteiger partial charge < -0.3 is 5.11 Å².